The van der Waals surface area contributed by atoms with Gasteiger partial charge < -0.3 is 14.0 Å². The van der Waals surface area contributed by atoms with E-state index >= 15 is 0 Å². The molecule has 0 bridgehead atoms. The summed E-state index contributed by atoms with van der Waals surface area (Å²) in [5.74, 6) is 0.345. The lowest BCUT2D eigenvalue weighted by Crippen LogP contribution is -2.28. The normalized spacial score (nSPS) is 17.1. The first kappa shape index (κ1) is 24.6. The summed E-state index contributed by atoms with van der Waals surface area (Å²) in [5.41, 5.74) is 11.1. The summed E-state index contributed by atoms with van der Waals surface area (Å²) in [5, 5.41) is 5.10. The fourth-order valence-corrected chi connectivity index (χ4v) is 8.02. The number of hydrogen-bond donors (Lipinski definition) is 0. The number of para-hydroxylation sites is 4. The Labute approximate surface area is 261 Å². The van der Waals surface area contributed by atoms with E-state index in [1.165, 1.54) is 60.5 Å². The zero-order valence-electron chi connectivity index (χ0n) is 24.6. The average Bonchev–Trinajstić information content (AvgIpc) is 3.74. The Hall–Kier alpha value is -5.80. The number of fused-ring (bicyclic) bond motifs is 9. The number of nitrogens with zero attached hydrogens (tertiary/aromatic N) is 3. The Balaban J connectivity index is 1.23. The van der Waals surface area contributed by atoms with Crippen LogP contribution in [-0.2, 0) is 0 Å². The molecule has 0 N–H and O–H groups in total. The molecule has 2 atom stereocenters. The molecule has 8 aromatic rings. The van der Waals surface area contributed by atoms with Crippen molar-refractivity contribution in [1.29, 1.82) is 0 Å². The van der Waals surface area contributed by atoms with Gasteiger partial charge in [-0.15, -0.1) is 0 Å². The maximum atomic E-state index is 2.56. The minimum Gasteiger partial charge on any atom is -0.333 e. The van der Waals surface area contributed by atoms with Crippen molar-refractivity contribution < 1.29 is 0 Å². The minimum absolute atomic E-state index is 0.249. The average molecular weight is 576 g/mol. The standard InChI is InChI=1S/C42H29N3/c1-6-20-35-30(15-1)31-16-2-7-21-36(31)43(35)28-13-11-14-29(27-28)44-39-24-10-5-19-34(39)42-40(44)25-12-26-41(42)45-37-22-8-3-17-32(37)33-18-4-9-23-38(33)45/h1-27,32,37H. The SMILES string of the molecule is C1=CC2c3ccccc3N(c3cccc4c3c3ccccc3n4-c3cccc(-n4c5ccccc5c5ccccc54)c3)C2C=C1. The van der Waals surface area contributed by atoms with Gasteiger partial charge in [-0.05, 0) is 60.2 Å². The van der Waals surface area contributed by atoms with Gasteiger partial charge in [-0.25, -0.2) is 0 Å². The molecule has 6 aromatic carbocycles. The molecule has 0 spiro atoms. The van der Waals surface area contributed by atoms with Crippen LogP contribution in [0.3, 0.4) is 0 Å². The van der Waals surface area contributed by atoms with Crippen LogP contribution >= 0.6 is 0 Å². The van der Waals surface area contributed by atoms with Crippen molar-refractivity contribution >= 4 is 55.0 Å². The van der Waals surface area contributed by atoms with E-state index in [4.69, 9.17) is 0 Å². The summed E-state index contributed by atoms with van der Waals surface area (Å²) in [7, 11) is 0. The van der Waals surface area contributed by atoms with E-state index in [0.717, 1.165) is 11.4 Å². The Morgan fingerprint density at radius 2 is 0.956 bits per heavy atom. The monoisotopic (exact) mass is 575 g/mol. The molecule has 212 valence electrons. The van der Waals surface area contributed by atoms with Crippen LogP contribution in [0.15, 0.2) is 164 Å². The molecule has 45 heavy (non-hydrogen) atoms. The second-order valence-corrected chi connectivity index (χ2v) is 12.1. The molecule has 1 aliphatic heterocycles. The molecule has 2 aromatic heterocycles. The molecule has 0 amide bonds. The molecular weight excluding hydrogens is 546 g/mol. The van der Waals surface area contributed by atoms with Gasteiger partial charge >= 0.3 is 0 Å². The number of allylic oxidation sites excluding steroid dienone is 2. The van der Waals surface area contributed by atoms with Crippen LogP contribution in [-0.4, -0.2) is 15.2 Å². The summed E-state index contributed by atoms with van der Waals surface area (Å²) < 4.78 is 4.85. The molecule has 2 unspecified atom stereocenters. The van der Waals surface area contributed by atoms with E-state index in [9.17, 15) is 0 Å². The fourth-order valence-electron chi connectivity index (χ4n) is 8.02. The van der Waals surface area contributed by atoms with E-state index in [-0.39, 0.29) is 6.04 Å². The van der Waals surface area contributed by atoms with Crippen molar-refractivity contribution in [3.8, 4) is 11.4 Å². The zero-order valence-corrected chi connectivity index (χ0v) is 24.6. The minimum atomic E-state index is 0.249. The summed E-state index contributed by atoms with van der Waals surface area (Å²) in [6, 6.07) is 51.3. The molecule has 2 aliphatic rings. The van der Waals surface area contributed by atoms with Crippen LogP contribution in [0.5, 0.6) is 0 Å². The number of anilines is 2. The molecule has 0 saturated heterocycles. The van der Waals surface area contributed by atoms with Crippen LogP contribution in [0.1, 0.15) is 11.5 Å². The van der Waals surface area contributed by atoms with Crippen LogP contribution < -0.4 is 4.90 Å². The van der Waals surface area contributed by atoms with Gasteiger partial charge in [-0.1, -0.05) is 109 Å². The lowest BCUT2D eigenvalue weighted by Gasteiger charge is -2.29. The molecule has 0 fully saturated rings. The van der Waals surface area contributed by atoms with E-state index in [2.05, 4.69) is 178 Å². The number of benzene rings is 6. The number of hydrogen-bond acceptors (Lipinski definition) is 1. The third-order valence-electron chi connectivity index (χ3n) is 9.82. The summed E-state index contributed by atoms with van der Waals surface area (Å²) in [6.07, 6.45) is 9.10. The summed E-state index contributed by atoms with van der Waals surface area (Å²) >= 11 is 0. The van der Waals surface area contributed by atoms with Gasteiger partial charge in [0.1, 0.15) is 0 Å². The topological polar surface area (TPSA) is 13.1 Å². The van der Waals surface area contributed by atoms with E-state index in [1.807, 2.05) is 0 Å². The molecule has 3 nitrogen and oxygen atoms in total. The predicted molar refractivity (Wildman–Crippen MR) is 189 cm³/mol. The molecule has 0 saturated carbocycles. The Morgan fingerprint density at radius 1 is 0.422 bits per heavy atom. The lowest BCUT2D eigenvalue weighted by atomic mass is 9.91. The highest BCUT2D eigenvalue weighted by atomic mass is 15.2. The summed E-state index contributed by atoms with van der Waals surface area (Å²) in [4.78, 5) is 2.56. The van der Waals surface area contributed by atoms with Crippen LogP contribution in [0, 0.1) is 0 Å². The summed E-state index contributed by atoms with van der Waals surface area (Å²) in [6.45, 7) is 0. The van der Waals surface area contributed by atoms with Crippen molar-refractivity contribution in [3.63, 3.8) is 0 Å². The smallest absolute Gasteiger partial charge is 0.0629 e. The van der Waals surface area contributed by atoms with Gasteiger partial charge in [0.25, 0.3) is 0 Å². The van der Waals surface area contributed by atoms with Gasteiger partial charge in [0.2, 0.25) is 0 Å². The Kier molecular flexibility index (Phi) is 5.11. The quantitative estimate of drug-likeness (QED) is 0.204. The molecule has 10 rings (SSSR count). The fraction of sp³-hybridized carbons (Fsp3) is 0.0476. The van der Waals surface area contributed by atoms with Crippen LogP contribution in [0.2, 0.25) is 0 Å². The van der Waals surface area contributed by atoms with E-state index in [1.54, 1.807) is 0 Å². The first-order valence-electron chi connectivity index (χ1n) is 15.7. The van der Waals surface area contributed by atoms with Gasteiger partial charge in [0, 0.05) is 44.5 Å². The zero-order chi connectivity index (χ0) is 29.5. The van der Waals surface area contributed by atoms with E-state index < -0.39 is 0 Å². The predicted octanol–water partition coefficient (Wildman–Crippen LogP) is 10.6. The van der Waals surface area contributed by atoms with Crippen molar-refractivity contribution in [1.82, 2.24) is 9.13 Å². The third-order valence-corrected chi connectivity index (χ3v) is 9.82. The van der Waals surface area contributed by atoms with Gasteiger partial charge in [-0.2, -0.15) is 0 Å². The second-order valence-electron chi connectivity index (χ2n) is 12.1. The van der Waals surface area contributed by atoms with Crippen molar-refractivity contribution in [2.45, 2.75) is 12.0 Å². The largest absolute Gasteiger partial charge is 0.333 e. The van der Waals surface area contributed by atoms with Gasteiger partial charge in [-0.3, -0.25) is 0 Å². The van der Waals surface area contributed by atoms with Crippen LogP contribution in [0.4, 0.5) is 11.4 Å². The third kappa shape index (κ3) is 3.41. The maximum absolute atomic E-state index is 2.56. The Bertz CT molecular complexity index is 2470. The first-order valence-corrected chi connectivity index (χ1v) is 15.7. The van der Waals surface area contributed by atoms with Crippen LogP contribution in [0.25, 0.3) is 55.0 Å². The molecule has 1 aliphatic carbocycles. The highest BCUT2D eigenvalue weighted by Crippen LogP contribution is 2.50. The first-order chi connectivity index (χ1) is 22.4. The second kappa shape index (κ2) is 9.35. The highest BCUT2D eigenvalue weighted by molar-refractivity contribution is 6.16. The number of rotatable bonds is 3. The maximum Gasteiger partial charge on any atom is 0.0629 e. The van der Waals surface area contributed by atoms with Gasteiger partial charge in [0.05, 0.1) is 33.8 Å². The molecular formula is C42H29N3. The van der Waals surface area contributed by atoms with Crippen molar-refractivity contribution in [2.75, 3.05) is 4.90 Å². The Morgan fingerprint density at radius 3 is 1.71 bits per heavy atom. The molecule has 3 heteroatoms. The van der Waals surface area contributed by atoms with E-state index in [0.29, 0.717) is 5.92 Å². The van der Waals surface area contributed by atoms with Crippen molar-refractivity contribution in [3.05, 3.63) is 169 Å². The highest BCUT2D eigenvalue weighted by Gasteiger charge is 2.38. The van der Waals surface area contributed by atoms with Gasteiger partial charge in [0.15, 0.2) is 0 Å². The number of aromatic nitrogens is 2. The molecule has 3 heterocycles. The van der Waals surface area contributed by atoms with Crippen molar-refractivity contribution in [2.24, 2.45) is 0 Å². The molecule has 0 radical (unpaired) electrons. The lowest BCUT2D eigenvalue weighted by molar-refractivity contribution is 0.746.